The predicted octanol–water partition coefficient (Wildman–Crippen LogP) is 3.65. The van der Waals surface area contributed by atoms with Gasteiger partial charge in [-0.1, -0.05) is 11.6 Å². The molecule has 2 rings (SSSR count). The molecule has 19 heavy (non-hydrogen) atoms. The molecule has 4 nitrogen and oxygen atoms in total. The number of carbonyl (C=O) groups is 1. The molecule has 0 bridgehead atoms. The number of rotatable bonds is 3. The Kier molecular flexibility index (Phi) is 3.69. The first-order valence-corrected chi connectivity index (χ1v) is 5.78. The first-order valence-electron chi connectivity index (χ1n) is 5.40. The van der Waals surface area contributed by atoms with Gasteiger partial charge in [0.15, 0.2) is 0 Å². The van der Waals surface area contributed by atoms with Gasteiger partial charge in [0.05, 0.1) is 22.2 Å². The van der Waals surface area contributed by atoms with Crippen LogP contribution in [0, 0.1) is 11.3 Å². The van der Waals surface area contributed by atoms with E-state index < -0.39 is 5.97 Å². The quantitative estimate of drug-likeness (QED) is 0.894. The molecule has 0 aliphatic heterocycles. The van der Waals surface area contributed by atoms with Crippen LogP contribution < -0.4 is 5.32 Å². The first-order chi connectivity index (χ1) is 9.10. The average molecular weight is 273 g/mol. The molecule has 0 unspecified atom stereocenters. The van der Waals surface area contributed by atoms with Crippen LogP contribution in [0.4, 0.5) is 11.4 Å². The maximum absolute atomic E-state index is 10.8. The maximum Gasteiger partial charge on any atom is 0.337 e. The second-order valence-electron chi connectivity index (χ2n) is 3.81. The summed E-state index contributed by atoms with van der Waals surface area (Å²) in [7, 11) is 0. The van der Waals surface area contributed by atoms with Crippen LogP contribution in [0.2, 0.25) is 5.02 Å². The SMILES string of the molecule is N#Cc1ccc(Nc2ccc(C(=O)O)c(Cl)c2)cc1. The summed E-state index contributed by atoms with van der Waals surface area (Å²) in [5.74, 6) is -1.06. The molecule has 0 amide bonds. The summed E-state index contributed by atoms with van der Waals surface area (Å²) in [4.78, 5) is 10.8. The van der Waals surface area contributed by atoms with E-state index in [1.165, 1.54) is 6.07 Å². The number of hydrogen-bond acceptors (Lipinski definition) is 3. The van der Waals surface area contributed by atoms with E-state index in [-0.39, 0.29) is 10.6 Å². The highest BCUT2D eigenvalue weighted by Crippen LogP contribution is 2.24. The van der Waals surface area contributed by atoms with Crippen LogP contribution in [-0.2, 0) is 0 Å². The minimum Gasteiger partial charge on any atom is -0.478 e. The van der Waals surface area contributed by atoms with E-state index >= 15 is 0 Å². The molecule has 5 heteroatoms. The van der Waals surface area contributed by atoms with E-state index in [4.69, 9.17) is 22.0 Å². The van der Waals surface area contributed by atoms with Crippen molar-refractivity contribution in [2.45, 2.75) is 0 Å². The van der Waals surface area contributed by atoms with Gasteiger partial charge in [0, 0.05) is 11.4 Å². The fourth-order valence-corrected chi connectivity index (χ4v) is 1.82. The topological polar surface area (TPSA) is 73.1 Å². The summed E-state index contributed by atoms with van der Waals surface area (Å²) in [6, 6.07) is 13.6. The summed E-state index contributed by atoms with van der Waals surface area (Å²) < 4.78 is 0. The molecule has 0 aromatic heterocycles. The van der Waals surface area contributed by atoms with Crippen LogP contribution in [0.5, 0.6) is 0 Å². The number of nitrogens with one attached hydrogen (secondary N) is 1. The van der Waals surface area contributed by atoms with E-state index in [9.17, 15) is 4.79 Å². The molecule has 2 aromatic rings. The lowest BCUT2D eigenvalue weighted by atomic mass is 10.2. The van der Waals surface area contributed by atoms with Gasteiger partial charge in [-0.3, -0.25) is 0 Å². The third-order valence-corrected chi connectivity index (χ3v) is 2.81. The Morgan fingerprint density at radius 1 is 1.16 bits per heavy atom. The number of benzene rings is 2. The zero-order valence-corrected chi connectivity index (χ0v) is 10.5. The third-order valence-electron chi connectivity index (χ3n) is 2.50. The zero-order valence-electron chi connectivity index (χ0n) is 9.72. The largest absolute Gasteiger partial charge is 0.478 e. The third kappa shape index (κ3) is 3.03. The van der Waals surface area contributed by atoms with E-state index in [0.29, 0.717) is 11.3 Å². The molecule has 2 aromatic carbocycles. The highest BCUT2D eigenvalue weighted by Gasteiger charge is 2.08. The summed E-state index contributed by atoms with van der Waals surface area (Å²) in [5, 5.41) is 20.8. The number of aromatic carboxylic acids is 1. The summed E-state index contributed by atoms with van der Waals surface area (Å²) in [6.45, 7) is 0. The number of anilines is 2. The molecule has 0 saturated heterocycles. The molecule has 0 aliphatic carbocycles. The van der Waals surface area contributed by atoms with E-state index in [1.807, 2.05) is 6.07 Å². The summed E-state index contributed by atoms with van der Waals surface area (Å²) in [6.07, 6.45) is 0. The Balaban J connectivity index is 2.21. The number of nitriles is 1. The first kappa shape index (κ1) is 12.9. The maximum atomic E-state index is 10.8. The lowest BCUT2D eigenvalue weighted by Gasteiger charge is -2.08. The van der Waals surface area contributed by atoms with Crippen molar-refractivity contribution in [2.75, 3.05) is 5.32 Å². The Labute approximate surface area is 114 Å². The van der Waals surface area contributed by atoms with Crippen molar-refractivity contribution in [1.29, 1.82) is 5.26 Å². The van der Waals surface area contributed by atoms with Gasteiger partial charge in [0.2, 0.25) is 0 Å². The van der Waals surface area contributed by atoms with Gasteiger partial charge in [-0.05, 0) is 42.5 Å². The van der Waals surface area contributed by atoms with Gasteiger partial charge in [-0.2, -0.15) is 5.26 Å². The Bertz CT molecular complexity index is 660. The van der Waals surface area contributed by atoms with Gasteiger partial charge in [-0.15, -0.1) is 0 Å². The predicted molar refractivity (Wildman–Crippen MR) is 72.9 cm³/mol. The minimum absolute atomic E-state index is 0.0621. The summed E-state index contributed by atoms with van der Waals surface area (Å²) in [5.41, 5.74) is 2.11. The Morgan fingerprint density at radius 2 is 1.79 bits per heavy atom. The van der Waals surface area contributed by atoms with Crippen LogP contribution in [0.3, 0.4) is 0 Å². The van der Waals surface area contributed by atoms with Crippen molar-refractivity contribution in [2.24, 2.45) is 0 Å². The number of hydrogen-bond donors (Lipinski definition) is 2. The van der Waals surface area contributed by atoms with Crippen molar-refractivity contribution >= 4 is 28.9 Å². The molecule has 0 atom stereocenters. The van der Waals surface area contributed by atoms with E-state index in [1.54, 1.807) is 36.4 Å². The van der Waals surface area contributed by atoms with Crippen molar-refractivity contribution in [3.05, 3.63) is 58.6 Å². The molecular formula is C14H9ClN2O2. The molecular weight excluding hydrogens is 264 g/mol. The van der Waals surface area contributed by atoms with Crippen molar-refractivity contribution in [3.63, 3.8) is 0 Å². The lowest BCUT2D eigenvalue weighted by molar-refractivity contribution is 0.0697. The van der Waals surface area contributed by atoms with Crippen LogP contribution >= 0.6 is 11.6 Å². The number of halogens is 1. The van der Waals surface area contributed by atoms with E-state index in [0.717, 1.165) is 5.69 Å². The van der Waals surface area contributed by atoms with Crippen molar-refractivity contribution in [1.82, 2.24) is 0 Å². The van der Waals surface area contributed by atoms with Gasteiger partial charge in [-0.25, -0.2) is 4.79 Å². The minimum atomic E-state index is -1.06. The van der Waals surface area contributed by atoms with Crippen LogP contribution in [0.1, 0.15) is 15.9 Å². The second-order valence-corrected chi connectivity index (χ2v) is 4.22. The van der Waals surface area contributed by atoms with Crippen molar-refractivity contribution < 1.29 is 9.90 Å². The fourth-order valence-electron chi connectivity index (χ4n) is 1.56. The highest BCUT2D eigenvalue weighted by atomic mass is 35.5. The van der Waals surface area contributed by atoms with Crippen molar-refractivity contribution in [3.8, 4) is 6.07 Å². The normalized spacial score (nSPS) is 9.68. The molecule has 94 valence electrons. The molecule has 0 spiro atoms. The smallest absolute Gasteiger partial charge is 0.337 e. The zero-order chi connectivity index (χ0) is 13.8. The molecule has 2 N–H and O–H groups in total. The highest BCUT2D eigenvalue weighted by molar-refractivity contribution is 6.33. The standard InChI is InChI=1S/C14H9ClN2O2/c15-13-7-11(5-6-12(13)14(18)19)17-10-3-1-9(8-16)2-4-10/h1-7,17H,(H,18,19). The molecule has 0 radical (unpaired) electrons. The lowest BCUT2D eigenvalue weighted by Crippen LogP contribution is -1.98. The Hall–Kier alpha value is -2.51. The van der Waals surface area contributed by atoms with Gasteiger partial charge < -0.3 is 10.4 Å². The average Bonchev–Trinajstić information content (AvgIpc) is 2.39. The molecule has 0 saturated carbocycles. The van der Waals surface area contributed by atoms with Gasteiger partial charge in [0.1, 0.15) is 0 Å². The number of carboxylic acids is 1. The van der Waals surface area contributed by atoms with E-state index in [2.05, 4.69) is 5.32 Å². The molecule has 0 heterocycles. The molecule has 0 aliphatic rings. The number of carboxylic acid groups (broad SMARTS) is 1. The Morgan fingerprint density at radius 3 is 2.32 bits per heavy atom. The fraction of sp³-hybridized carbons (Fsp3) is 0. The monoisotopic (exact) mass is 272 g/mol. The summed E-state index contributed by atoms with van der Waals surface area (Å²) >= 11 is 5.87. The van der Waals surface area contributed by atoms with Gasteiger partial charge in [0.25, 0.3) is 0 Å². The van der Waals surface area contributed by atoms with Crippen LogP contribution in [0.25, 0.3) is 0 Å². The van der Waals surface area contributed by atoms with Gasteiger partial charge >= 0.3 is 5.97 Å². The van der Waals surface area contributed by atoms with Crippen LogP contribution in [-0.4, -0.2) is 11.1 Å². The second kappa shape index (κ2) is 5.42. The van der Waals surface area contributed by atoms with Crippen LogP contribution in [0.15, 0.2) is 42.5 Å². The molecule has 0 fully saturated rings. The number of nitrogens with zero attached hydrogens (tertiary/aromatic N) is 1.